The van der Waals surface area contributed by atoms with Gasteiger partial charge in [0.25, 0.3) is 5.91 Å². The number of nitrogens with one attached hydrogen (secondary N) is 1. The van der Waals surface area contributed by atoms with Gasteiger partial charge >= 0.3 is 0 Å². The van der Waals surface area contributed by atoms with Crippen LogP contribution >= 0.6 is 0 Å². The fourth-order valence-electron chi connectivity index (χ4n) is 1.81. The summed E-state index contributed by atoms with van der Waals surface area (Å²) >= 11 is 0. The van der Waals surface area contributed by atoms with Crippen LogP contribution in [0.25, 0.3) is 0 Å². The molecule has 0 aliphatic carbocycles. The van der Waals surface area contributed by atoms with E-state index in [1.165, 1.54) is 12.3 Å². The van der Waals surface area contributed by atoms with Gasteiger partial charge in [0.15, 0.2) is 11.6 Å². The molecule has 1 N–H and O–H groups in total. The lowest BCUT2D eigenvalue weighted by atomic mass is 10.2. The number of halogens is 1. The zero-order chi connectivity index (χ0) is 13.5. The first-order valence-electron chi connectivity index (χ1n) is 6.27. The van der Waals surface area contributed by atoms with Crippen LogP contribution in [0, 0.1) is 5.82 Å². The van der Waals surface area contributed by atoms with E-state index in [-0.39, 0.29) is 17.3 Å². The molecule has 0 unspecified atom stereocenters. The van der Waals surface area contributed by atoms with Crippen molar-refractivity contribution in [2.45, 2.75) is 26.7 Å². The molecule has 1 amide bonds. The van der Waals surface area contributed by atoms with Gasteiger partial charge in [-0.25, -0.2) is 9.37 Å². The Morgan fingerprint density at radius 2 is 2.00 bits per heavy atom. The van der Waals surface area contributed by atoms with Crippen LogP contribution in [0.15, 0.2) is 12.3 Å². The molecule has 0 atom stereocenters. The number of nitrogens with zero attached hydrogens (tertiary/aromatic N) is 2. The zero-order valence-corrected chi connectivity index (χ0v) is 11.2. The summed E-state index contributed by atoms with van der Waals surface area (Å²) in [4.78, 5) is 17.8. The van der Waals surface area contributed by atoms with Crippen molar-refractivity contribution in [3.05, 3.63) is 23.6 Å². The number of hydrogen-bond donors (Lipinski definition) is 1. The smallest absolute Gasteiger partial charge is 0.257 e. The second-order valence-corrected chi connectivity index (χ2v) is 4.06. The lowest BCUT2D eigenvalue weighted by Gasteiger charge is -2.21. The van der Waals surface area contributed by atoms with Gasteiger partial charge in [0.2, 0.25) is 0 Å². The molecule has 18 heavy (non-hydrogen) atoms. The minimum absolute atomic E-state index is 0.0799. The normalized spacial score (nSPS) is 10.2. The summed E-state index contributed by atoms with van der Waals surface area (Å²) in [6, 6.07) is 1.43. The third kappa shape index (κ3) is 3.18. The average molecular weight is 253 g/mol. The Hall–Kier alpha value is -1.65. The van der Waals surface area contributed by atoms with Crippen LogP contribution in [-0.4, -0.2) is 35.9 Å². The Labute approximate surface area is 107 Å². The van der Waals surface area contributed by atoms with E-state index in [0.29, 0.717) is 13.1 Å². The summed E-state index contributed by atoms with van der Waals surface area (Å²) in [5.74, 6) is -0.744. The number of amides is 1. The number of pyridine rings is 1. The highest BCUT2D eigenvalue weighted by atomic mass is 19.1. The van der Waals surface area contributed by atoms with Gasteiger partial charge in [0.05, 0.1) is 5.56 Å². The molecule has 0 spiro atoms. The maximum Gasteiger partial charge on any atom is 0.257 e. The fraction of sp³-hybridized carbons (Fsp3) is 0.538. The summed E-state index contributed by atoms with van der Waals surface area (Å²) in [6.07, 6.45) is 3.16. The fourth-order valence-corrected chi connectivity index (χ4v) is 1.81. The highest BCUT2D eigenvalue weighted by molar-refractivity contribution is 5.95. The Morgan fingerprint density at radius 1 is 1.39 bits per heavy atom. The van der Waals surface area contributed by atoms with E-state index in [2.05, 4.69) is 10.3 Å². The zero-order valence-electron chi connectivity index (χ0n) is 11.2. The Balaban J connectivity index is 3.00. The van der Waals surface area contributed by atoms with Gasteiger partial charge in [-0.15, -0.1) is 0 Å². The lowest BCUT2D eigenvalue weighted by Crippen LogP contribution is -2.33. The molecular weight excluding hydrogens is 233 g/mol. The van der Waals surface area contributed by atoms with Crippen LogP contribution in [0.1, 0.15) is 37.0 Å². The molecule has 0 aromatic carbocycles. The summed E-state index contributed by atoms with van der Waals surface area (Å²) in [5.41, 5.74) is 0.0799. The molecule has 0 aliphatic heterocycles. The molecular formula is C13H20FN3O. The highest BCUT2D eigenvalue weighted by Gasteiger charge is 2.20. The van der Waals surface area contributed by atoms with E-state index < -0.39 is 5.82 Å². The summed E-state index contributed by atoms with van der Waals surface area (Å²) in [5, 5.41) is 2.64. The van der Waals surface area contributed by atoms with Gasteiger partial charge in [-0.3, -0.25) is 4.79 Å². The largest absolute Gasteiger partial charge is 0.371 e. The molecule has 0 saturated carbocycles. The van der Waals surface area contributed by atoms with E-state index >= 15 is 0 Å². The first-order valence-corrected chi connectivity index (χ1v) is 6.27. The molecule has 1 rings (SSSR count). The molecule has 4 nitrogen and oxygen atoms in total. The van der Waals surface area contributed by atoms with Crippen molar-refractivity contribution in [3.8, 4) is 0 Å². The van der Waals surface area contributed by atoms with Gasteiger partial charge in [0, 0.05) is 26.3 Å². The van der Waals surface area contributed by atoms with E-state index in [1.807, 2.05) is 13.8 Å². The molecule has 5 heteroatoms. The Morgan fingerprint density at radius 3 is 2.50 bits per heavy atom. The number of hydrogen-bond acceptors (Lipinski definition) is 3. The second-order valence-electron chi connectivity index (χ2n) is 4.06. The van der Waals surface area contributed by atoms with Crippen molar-refractivity contribution in [2.75, 3.05) is 25.5 Å². The van der Waals surface area contributed by atoms with E-state index in [1.54, 1.807) is 11.9 Å². The Bertz CT molecular complexity index is 403. The summed E-state index contributed by atoms with van der Waals surface area (Å²) in [7, 11) is 1.58. The van der Waals surface area contributed by atoms with Gasteiger partial charge in [0.1, 0.15) is 0 Å². The van der Waals surface area contributed by atoms with Crippen molar-refractivity contribution < 1.29 is 9.18 Å². The molecule has 0 aliphatic rings. The summed E-state index contributed by atoms with van der Waals surface area (Å²) in [6.45, 7) is 5.28. The van der Waals surface area contributed by atoms with Crippen molar-refractivity contribution in [3.63, 3.8) is 0 Å². The lowest BCUT2D eigenvalue weighted by molar-refractivity contribution is 0.0751. The van der Waals surface area contributed by atoms with Gasteiger partial charge in [-0.05, 0) is 18.9 Å². The van der Waals surface area contributed by atoms with E-state index in [0.717, 1.165) is 12.8 Å². The van der Waals surface area contributed by atoms with E-state index in [9.17, 15) is 9.18 Å². The number of anilines is 1. The maximum atomic E-state index is 14.0. The summed E-state index contributed by atoms with van der Waals surface area (Å²) < 4.78 is 14.0. The van der Waals surface area contributed by atoms with Gasteiger partial charge < -0.3 is 10.2 Å². The SMILES string of the molecule is CCCN(CCC)C(=O)c1ccnc(NC)c1F. The number of aromatic nitrogens is 1. The molecule has 0 radical (unpaired) electrons. The predicted molar refractivity (Wildman–Crippen MR) is 70.2 cm³/mol. The molecule has 0 bridgehead atoms. The minimum atomic E-state index is -0.581. The minimum Gasteiger partial charge on any atom is -0.371 e. The topological polar surface area (TPSA) is 45.2 Å². The van der Waals surface area contributed by atoms with Crippen molar-refractivity contribution >= 4 is 11.7 Å². The second kappa shape index (κ2) is 6.93. The van der Waals surface area contributed by atoms with Crippen molar-refractivity contribution in [1.82, 2.24) is 9.88 Å². The monoisotopic (exact) mass is 253 g/mol. The van der Waals surface area contributed by atoms with Gasteiger partial charge in [-0.2, -0.15) is 0 Å². The van der Waals surface area contributed by atoms with Crippen LogP contribution in [0.2, 0.25) is 0 Å². The van der Waals surface area contributed by atoms with Crippen LogP contribution in [0.5, 0.6) is 0 Å². The number of carbonyl (C=O) groups is 1. The standard InChI is InChI=1S/C13H20FN3O/c1-4-8-17(9-5-2)13(18)10-6-7-16-12(15-3)11(10)14/h6-7H,4-5,8-9H2,1-3H3,(H,15,16). The van der Waals surface area contributed by atoms with Crippen LogP contribution < -0.4 is 5.32 Å². The predicted octanol–water partition coefficient (Wildman–Crippen LogP) is 2.52. The first kappa shape index (κ1) is 14.4. The first-order chi connectivity index (χ1) is 8.65. The Kier molecular flexibility index (Phi) is 5.55. The molecule has 100 valence electrons. The molecule has 0 saturated heterocycles. The maximum absolute atomic E-state index is 14.0. The van der Waals surface area contributed by atoms with Crippen LogP contribution in [0.3, 0.4) is 0 Å². The molecule has 1 aromatic rings. The van der Waals surface area contributed by atoms with Crippen LogP contribution in [0.4, 0.5) is 10.2 Å². The molecule has 0 fully saturated rings. The molecule has 1 heterocycles. The average Bonchev–Trinajstić information content (AvgIpc) is 2.38. The molecule has 1 aromatic heterocycles. The number of carbonyl (C=O) groups excluding carboxylic acids is 1. The highest BCUT2D eigenvalue weighted by Crippen LogP contribution is 2.16. The third-order valence-electron chi connectivity index (χ3n) is 2.63. The van der Waals surface area contributed by atoms with Crippen molar-refractivity contribution in [2.24, 2.45) is 0 Å². The quantitative estimate of drug-likeness (QED) is 0.847. The van der Waals surface area contributed by atoms with Crippen molar-refractivity contribution in [1.29, 1.82) is 0 Å². The van der Waals surface area contributed by atoms with Crippen LogP contribution in [-0.2, 0) is 0 Å². The van der Waals surface area contributed by atoms with E-state index in [4.69, 9.17) is 0 Å². The third-order valence-corrected chi connectivity index (χ3v) is 2.63. The number of rotatable bonds is 6. The van der Waals surface area contributed by atoms with Gasteiger partial charge in [-0.1, -0.05) is 13.8 Å².